The normalized spacial score (nSPS) is 11.1. The third-order valence-corrected chi connectivity index (χ3v) is 6.26. The SMILES string of the molecule is Cl.NC(N)=NCCCCCCCC(=O)N(c1ccc(C(F)(F)F)cc1)c1nc(-c2ccc(F)cc2F)cs1. The molecule has 0 aliphatic heterocycles. The summed E-state index contributed by atoms with van der Waals surface area (Å²) in [5, 5.41) is 1.67. The van der Waals surface area contributed by atoms with Crippen molar-refractivity contribution in [1.82, 2.24) is 4.98 Å². The quantitative estimate of drug-likeness (QED) is 0.114. The first-order valence-corrected chi connectivity index (χ1v) is 12.4. The highest BCUT2D eigenvalue weighted by Crippen LogP contribution is 2.36. The molecule has 0 radical (unpaired) electrons. The lowest BCUT2D eigenvalue weighted by atomic mass is 10.1. The Labute approximate surface area is 227 Å². The van der Waals surface area contributed by atoms with Crippen LogP contribution in [0.25, 0.3) is 11.3 Å². The number of aromatic nitrogens is 1. The van der Waals surface area contributed by atoms with Crippen molar-refractivity contribution in [3.05, 3.63) is 65.0 Å². The second kappa shape index (κ2) is 14.1. The van der Waals surface area contributed by atoms with E-state index in [0.29, 0.717) is 13.0 Å². The molecule has 0 atom stereocenters. The molecule has 1 amide bonds. The summed E-state index contributed by atoms with van der Waals surface area (Å²) >= 11 is 1.03. The predicted molar refractivity (Wildman–Crippen MR) is 142 cm³/mol. The standard InChI is InChI=1S/C25H26F5N5OS.ClH/c26-17-9-12-19(20(27)14-17)21-15-37-24(34-21)35(18-10-7-16(8-11-18)25(28,29)30)22(36)6-4-2-1-3-5-13-33-23(31)32;/h7-12,14-15H,1-6,13H2,(H4,31,32,33);1H. The van der Waals surface area contributed by atoms with Gasteiger partial charge in [-0.05, 0) is 49.2 Å². The second-order valence-electron chi connectivity index (χ2n) is 8.24. The molecule has 2 aromatic carbocycles. The molecule has 3 rings (SSSR count). The summed E-state index contributed by atoms with van der Waals surface area (Å²) in [6.07, 6.45) is -0.518. The van der Waals surface area contributed by atoms with Crippen molar-refractivity contribution in [2.24, 2.45) is 16.5 Å². The number of halogens is 6. The molecule has 4 N–H and O–H groups in total. The predicted octanol–water partition coefficient (Wildman–Crippen LogP) is 6.81. The van der Waals surface area contributed by atoms with Gasteiger partial charge in [-0.15, -0.1) is 23.7 Å². The smallest absolute Gasteiger partial charge is 0.370 e. The van der Waals surface area contributed by atoms with E-state index in [1.807, 2.05) is 0 Å². The molecule has 38 heavy (non-hydrogen) atoms. The third kappa shape index (κ3) is 8.66. The molecule has 0 aliphatic rings. The van der Waals surface area contributed by atoms with Crippen LogP contribution >= 0.6 is 23.7 Å². The molecule has 0 saturated carbocycles. The number of nitrogens with two attached hydrogens (primary N) is 2. The Morgan fingerprint density at radius 1 is 0.974 bits per heavy atom. The van der Waals surface area contributed by atoms with Gasteiger partial charge in [0.05, 0.1) is 16.9 Å². The lowest BCUT2D eigenvalue weighted by Crippen LogP contribution is -2.25. The highest BCUT2D eigenvalue weighted by atomic mass is 35.5. The summed E-state index contributed by atoms with van der Waals surface area (Å²) in [5.41, 5.74) is 10.1. The zero-order chi connectivity index (χ0) is 27.0. The highest BCUT2D eigenvalue weighted by molar-refractivity contribution is 7.14. The van der Waals surface area contributed by atoms with Gasteiger partial charge in [-0.3, -0.25) is 14.7 Å². The zero-order valence-corrected chi connectivity index (χ0v) is 21.8. The van der Waals surface area contributed by atoms with Gasteiger partial charge in [0.15, 0.2) is 11.1 Å². The number of rotatable bonds is 11. The Kier molecular flexibility index (Phi) is 11.5. The lowest BCUT2D eigenvalue weighted by molar-refractivity contribution is -0.137. The van der Waals surface area contributed by atoms with Crippen molar-refractivity contribution in [3.8, 4) is 11.3 Å². The van der Waals surface area contributed by atoms with Gasteiger partial charge in [0, 0.05) is 30.0 Å². The topological polar surface area (TPSA) is 97.6 Å². The maximum Gasteiger partial charge on any atom is 0.416 e. The number of carbonyl (C=O) groups excluding carboxylic acids is 1. The van der Waals surface area contributed by atoms with Gasteiger partial charge in [-0.25, -0.2) is 13.8 Å². The summed E-state index contributed by atoms with van der Waals surface area (Å²) in [6, 6.07) is 7.23. The maximum atomic E-state index is 14.3. The van der Waals surface area contributed by atoms with Crippen LogP contribution in [0.3, 0.4) is 0 Å². The minimum atomic E-state index is -4.52. The highest BCUT2D eigenvalue weighted by Gasteiger charge is 2.31. The molecule has 0 spiro atoms. The van der Waals surface area contributed by atoms with Crippen LogP contribution in [0, 0.1) is 11.6 Å². The molecular weight excluding hydrogens is 549 g/mol. The average Bonchev–Trinajstić information content (AvgIpc) is 3.29. The molecule has 0 bridgehead atoms. The van der Waals surface area contributed by atoms with E-state index in [1.54, 1.807) is 0 Å². The molecule has 6 nitrogen and oxygen atoms in total. The number of benzene rings is 2. The molecule has 0 unspecified atom stereocenters. The van der Waals surface area contributed by atoms with Crippen LogP contribution in [0.2, 0.25) is 0 Å². The van der Waals surface area contributed by atoms with E-state index in [4.69, 9.17) is 11.5 Å². The molecule has 1 aromatic heterocycles. The number of guanidine groups is 1. The number of amides is 1. The Morgan fingerprint density at radius 3 is 2.26 bits per heavy atom. The fraction of sp³-hybridized carbons (Fsp3) is 0.320. The molecule has 0 aliphatic carbocycles. The number of hydrogen-bond donors (Lipinski definition) is 2. The lowest BCUT2D eigenvalue weighted by Gasteiger charge is -2.21. The van der Waals surface area contributed by atoms with Crippen LogP contribution in [0.4, 0.5) is 32.8 Å². The van der Waals surface area contributed by atoms with Crippen molar-refractivity contribution >= 4 is 46.4 Å². The Balaban J connectivity index is 0.00000507. The van der Waals surface area contributed by atoms with Crippen LogP contribution < -0.4 is 16.4 Å². The molecule has 0 saturated heterocycles. The first kappa shape index (κ1) is 31.0. The minimum Gasteiger partial charge on any atom is -0.370 e. The van der Waals surface area contributed by atoms with Gasteiger partial charge < -0.3 is 11.5 Å². The van der Waals surface area contributed by atoms with Crippen LogP contribution in [-0.4, -0.2) is 23.4 Å². The first-order valence-electron chi connectivity index (χ1n) is 11.5. The van der Waals surface area contributed by atoms with Crippen molar-refractivity contribution in [1.29, 1.82) is 0 Å². The molecule has 3 aromatic rings. The number of carbonyl (C=O) groups is 1. The third-order valence-electron chi connectivity index (χ3n) is 5.44. The summed E-state index contributed by atoms with van der Waals surface area (Å²) in [5.74, 6) is -1.87. The number of nitrogens with zero attached hydrogens (tertiary/aromatic N) is 3. The Hall–Kier alpha value is -3.25. The summed E-state index contributed by atoms with van der Waals surface area (Å²) in [4.78, 5) is 22.7. The number of anilines is 2. The van der Waals surface area contributed by atoms with Gasteiger partial charge in [0.2, 0.25) is 5.91 Å². The molecule has 206 valence electrons. The number of unbranched alkanes of at least 4 members (excludes halogenated alkanes) is 4. The summed E-state index contributed by atoms with van der Waals surface area (Å²) < 4.78 is 66.7. The average molecular weight is 576 g/mol. The summed E-state index contributed by atoms with van der Waals surface area (Å²) in [7, 11) is 0. The zero-order valence-electron chi connectivity index (χ0n) is 20.2. The molecule has 1 heterocycles. The van der Waals surface area contributed by atoms with Gasteiger partial charge in [-0.1, -0.05) is 19.3 Å². The van der Waals surface area contributed by atoms with Crippen LogP contribution in [-0.2, 0) is 11.0 Å². The second-order valence-corrected chi connectivity index (χ2v) is 9.07. The Bertz CT molecular complexity index is 1230. The van der Waals surface area contributed by atoms with E-state index >= 15 is 0 Å². The van der Waals surface area contributed by atoms with E-state index in [-0.39, 0.29) is 52.8 Å². The van der Waals surface area contributed by atoms with E-state index in [9.17, 15) is 26.7 Å². The van der Waals surface area contributed by atoms with Crippen LogP contribution in [0.1, 0.15) is 44.1 Å². The molecule has 13 heteroatoms. The Morgan fingerprint density at radius 2 is 1.63 bits per heavy atom. The van der Waals surface area contributed by atoms with Gasteiger partial charge in [0.1, 0.15) is 11.6 Å². The van der Waals surface area contributed by atoms with Crippen LogP contribution in [0.5, 0.6) is 0 Å². The number of alkyl halides is 3. The van der Waals surface area contributed by atoms with Crippen LogP contribution in [0.15, 0.2) is 52.8 Å². The van der Waals surface area contributed by atoms with Crippen molar-refractivity contribution in [2.45, 2.75) is 44.7 Å². The van der Waals surface area contributed by atoms with Gasteiger partial charge in [-0.2, -0.15) is 13.2 Å². The van der Waals surface area contributed by atoms with Crippen molar-refractivity contribution in [2.75, 3.05) is 11.4 Å². The van der Waals surface area contributed by atoms with Crippen molar-refractivity contribution < 1.29 is 26.7 Å². The van der Waals surface area contributed by atoms with E-state index in [2.05, 4.69) is 9.98 Å². The monoisotopic (exact) mass is 575 g/mol. The number of thiazole rings is 1. The number of hydrogen-bond acceptors (Lipinski definition) is 4. The minimum absolute atomic E-state index is 0. The van der Waals surface area contributed by atoms with Gasteiger partial charge >= 0.3 is 6.18 Å². The van der Waals surface area contributed by atoms with E-state index < -0.39 is 23.4 Å². The van der Waals surface area contributed by atoms with Crippen molar-refractivity contribution in [3.63, 3.8) is 0 Å². The largest absolute Gasteiger partial charge is 0.416 e. The number of aliphatic imine (C=N–C) groups is 1. The van der Waals surface area contributed by atoms with Gasteiger partial charge in [0.25, 0.3) is 0 Å². The maximum absolute atomic E-state index is 14.3. The fourth-order valence-corrected chi connectivity index (χ4v) is 4.45. The first-order chi connectivity index (χ1) is 17.6. The summed E-state index contributed by atoms with van der Waals surface area (Å²) in [6.45, 7) is 0.532. The molecular formula is C25H27ClF5N5OS. The molecule has 0 fully saturated rings. The fourth-order valence-electron chi connectivity index (χ4n) is 3.59. The van der Waals surface area contributed by atoms with E-state index in [1.165, 1.54) is 28.5 Å². The van der Waals surface area contributed by atoms with E-state index in [0.717, 1.165) is 61.3 Å².